The molecule has 0 N–H and O–H groups in total. The molecule has 0 spiro atoms. The second-order valence-electron chi connectivity index (χ2n) is 6.89. The fourth-order valence-corrected chi connectivity index (χ4v) is 17.9. The second-order valence-corrected chi connectivity index (χ2v) is 19.9. The van der Waals surface area contributed by atoms with Crippen LogP contribution in [0.25, 0.3) is 0 Å². The maximum absolute atomic E-state index is 2.83. The average molecular weight is 416 g/mol. The van der Waals surface area contributed by atoms with Crippen LogP contribution in [0.3, 0.4) is 0 Å². The van der Waals surface area contributed by atoms with Crippen molar-refractivity contribution in [2.24, 2.45) is 0 Å². The molecule has 132 valence electrons. The normalized spacial score (nSPS) is 12.6. The first-order chi connectivity index (χ1) is 10.7. The number of hydrogen-bond donors (Lipinski definition) is 0. The fraction of sp³-hybridized carbons (Fsp3) is 0.900. The van der Waals surface area contributed by atoms with Gasteiger partial charge in [0.25, 0.3) is 0 Å². The van der Waals surface area contributed by atoms with Crippen molar-refractivity contribution in [2.75, 3.05) is 19.6 Å². The molecule has 0 unspecified atom stereocenters. The van der Waals surface area contributed by atoms with Crippen molar-refractivity contribution in [3.63, 3.8) is 0 Å². The van der Waals surface area contributed by atoms with E-state index in [-0.39, 0.29) is 0 Å². The van der Waals surface area contributed by atoms with Crippen LogP contribution in [0, 0.1) is 0 Å². The zero-order chi connectivity index (χ0) is 16.7. The molecule has 0 aliphatic rings. The molecule has 0 saturated heterocycles. The number of hydrogen-bond acceptors (Lipinski definition) is 1. The molecule has 0 aromatic carbocycles. The first-order valence-corrected chi connectivity index (χ1v) is 17.8. The molecule has 0 atom stereocenters. The third-order valence-corrected chi connectivity index (χ3v) is 19.3. The van der Waals surface area contributed by atoms with Crippen molar-refractivity contribution in [1.82, 2.24) is 4.90 Å². The number of unbranched alkanes of at least 4 members (excludes halogenated alkanes) is 3. The molecule has 22 heavy (non-hydrogen) atoms. The van der Waals surface area contributed by atoms with Gasteiger partial charge < -0.3 is 0 Å². The van der Waals surface area contributed by atoms with Crippen molar-refractivity contribution in [1.29, 1.82) is 0 Å². The summed E-state index contributed by atoms with van der Waals surface area (Å²) in [5, 5.41) is 0. The molecule has 1 nitrogen and oxygen atoms in total. The van der Waals surface area contributed by atoms with Crippen molar-refractivity contribution in [2.45, 2.75) is 92.9 Å². The predicted octanol–water partition coefficient (Wildman–Crippen LogP) is 6.66. The first-order valence-electron chi connectivity index (χ1n) is 10.1. The van der Waals surface area contributed by atoms with E-state index in [4.69, 9.17) is 0 Å². The van der Waals surface area contributed by atoms with Gasteiger partial charge in [0, 0.05) is 0 Å². The summed E-state index contributed by atoms with van der Waals surface area (Å²) >= 11 is -1.99. The third kappa shape index (κ3) is 10.3. The molecule has 0 rings (SSSR count). The summed E-state index contributed by atoms with van der Waals surface area (Å²) in [5.41, 5.74) is 0. The summed E-state index contributed by atoms with van der Waals surface area (Å²) in [6.07, 6.45) is 12.4. The summed E-state index contributed by atoms with van der Waals surface area (Å²) in [6, 6.07) is 0. The van der Waals surface area contributed by atoms with Crippen LogP contribution in [-0.4, -0.2) is 42.9 Å². The maximum atomic E-state index is 2.83. The van der Waals surface area contributed by atoms with Crippen molar-refractivity contribution >= 4 is 18.4 Å². The molecule has 0 radical (unpaired) electrons. The Hall–Kier alpha value is 0.499. The van der Waals surface area contributed by atoms with Crippen LogP contribution in [0.2, 0.25) is 13.3 Å². The van der Waals surface area contributed by atoms with Crippen LogP contribution in [0.4, 0.5) is 0 Å². The Morgan fingerprint density at radius 3 is 1.55 bits per heavy atom. The standard InChI is InChI=1S/C8H16N.3C4H9.Sn/c1-4-7-8-9(5-2)6-3;3*1-3-4-2;/h1,4H,5-8H2,2-3H3;3*1,3-4H2,2H3;. The molecule has 0 aliphatic carbocycles. The SMILES string of the molecule is CCC[CH2][Sn]([CH]=CCCN(CC)CC)([CH2]CCC)[CH2]CCC. The topological polar surface area (TPSA) is 3.24 Å². The summed E-state index contributed by atoms with van der Waals surface area (Å²) in [6.45, 7) is 15.3. The summed E-state index contributed by atoms with van der Waals surface area (Å²) in [5.74, 6) is 0. The second kappa shape index (κ2) is 15.1. The van der Waals surface area contributed by atoms with Gasteiger partial charge in [0.2, 0.25) is 0 Å². The Balaban J connectivity index is 4.68. The number of nitrogens with zero attached hydrogens (tertiary/aromatic N) is 1. The molecule has 0 saturated carbocycles. The van der Waals surface area contributed by atoms with E-state index in [2.05, 4.69) is 49.7 Å². The number of rotatable bonds is 15. The van der Waals surface area contributed by atoms with Gasteiger partial charge in [-0.15, -0.1) is 0 Å². The van der Waals surface area contributed by atoms with E-state index in [1.165, 1.54) is 64.6 Å². The van der Waals surface area contributed by atoms with Gasteiger partial charge in [-0.25, -0.2) is 0 Å². The summed E-state index contributed by atoms with van der Waals surface area (Å²) < 4.78 is 7.64. The molecule has 0 aromatic rings. The molecule has 0 amide bonds. The van der Waals surface area contributed by atoms with Gasteiger partial charge in [-0.05, 0) is 0 Å². The van der Waals surface area contributed by atoms with Crippen LogP contribution >= 0.6 is 0 Å². The quantitative estimate of drug-likeness (QED) is 0.270. The van der Waals surface area contributed by atoms with E-state index in [0.29, 0.717) is 0 Å². The molecule has 0 bridgehead atoms. The van der Waals surface area contributed by atoms with Gasteiger partial charge in [-0.2, -0.15) is 0 Å². The van der Waals surface area contributed by atoms with Gasteiger partial charge >= 0.3 is 146 Å². The molecule has 0 aromatic heterocycles. The molecule has 0 aliphatic heterocycles. The molecular weight excluding hydrogens is 373 g/mol. The van der Waals surface area contributed by atoms with E-state index < -0.39 is 18.4 Å². The van der Waals surface area contributed by atoms with Gasteiger partial charge in [-0.3, -0.25) is 0 Å². The van der Waals surface area contributed by atoms with Crippen LogP contribution in [0.15, 0.2) is 10.2 Å². The van der Waals surface area contributed by atoms with Crippen LogP contribution in [0.1, 0.15) is 79.6 Å². The van der Waals surface area contributed by atoms with Crippen molar-refractivity contribution < 1.29 is 0 Å². The van der Waals surface area contributed by atoms with Crippen LogP contribution < -0.4 is 0 Å². The van der Waals surface area contributed by atoms with Gasteiger partial charge in [0.05, 0.1) is 0 Å². The van der Waals surface area contributed by atoms with Crippen molar-refractivity contribution in [3.05, 3.63) is 10.2 Å². The minimum atomic E-state index is -1.99. The molecule has 0 fully saturated rings. The van der Waals surface area contributed by atoms with E-state index in [9.17, 15) is 0 Å². The first kappa shape index (κ1) is 22.5. The Bertz CT molecular complexity index is 237. The molecular formula is C20H43NSn. The molecule has 2 heteroatoms. The average Bonchev–Trinajstić information content (AvgIpc) is 2.56. The Morgan fingerprint density at radius 2 is 1.18 bits per heavy atom. The van der Waals surface area contributed by atoms with E-state index in [1.54, 1.807) is 13.3 Å². The zero-order valence-electron chi connectivity index (χ0n) is 16.3. The Kier molecular flexibility index (Phi) is 15.4. The van der Waals surface area contributed by atoms with Crippen molar-refractivity contribution in [3.8, 4) is 0 Å². The van der Waals surface area contributed by atoms with Gasteiger partial charge in [0.1, 0.15) is 0 Å². The third-order valence-electron chi connectivity index (χ3n) is 5.06. The summed E-state index contributed by atoms with van der Waals surface area (Å²) in [7, 11) is 0. The predicted molar refractivity (Wildman–Crippen MR) is 106 cm³/mol. The Morgan fingerprint density at radius 1 is 0.727 bits per heavy atom. The molecule has 0 heterocycles. The van der Waals surface area contributed by atoms with Gasteiger partial charge in [-0.1, -0.05) is 0 Å². The fourth-order valence-electron chi connectivity index (χ4n) is 3.34. The minimum absolute atomic E-state index is 1.19. The zero-order valence-corrected chi connectivity index (χ0v) is 19.1. The van der Waals surface area contributed by atoms with Crippen LogP contribution in [0.5, 0.6) is 0 Å². The Labute approximate surface area is 145 Å². The monoisotopic (exact) mass is 417 g/mol. The van der Waals surface area contributed by atoms with E-state index in [1.807, 2.05) is 0 Å². The van der Waals surface area contributed by atoms with Gasteiger partial charge in [0.15, 0.2) is 0 Å². The van der Waals surface area contributed by atoms with Crippen LogP contribution in [-0.2, 0) is 0 Å². The summed E-state index contributed by atoms with van der Waals surface area (Å²) in [4.78, 5) is 2.55. The van der Waals surface area contributed by atoms with E-state index >= 15 is 0 Å². The van der Waals surface area contributed by atoms with E-state index in [0.717, 1.165) is 0 Å².